The Bertz CT molecular complexity index is 609. The number of rotatable bonds is 3. The van der Waals surface area contributed by atoms with Gasteiger partial charge in [0.05, 0.1) is 6.61 Å². The number of hydrogen-bond donors (Lipinski definition) is 1. The molecule has 0 aliphatic rings. The van der Waals surface area contributed by atoms with Gasteiger partial charge < -0.3 is 5.11 Å². The summed E-state index contributed by atoms with van der Waals surface area (Å²) in [5, 5.41) is 9.58. The first-order chi connectivity index (χ1) is 8.15. The molecule has 0 radical (unpaired) electrons. The molecule has 0 saturated heterocycles. The summed E-state index contributed by atoms with van der Waals surface area (Å²) >= 11 is 0. The minimum absolute atomic E-state index is 0.0685. The standard InChI is InChI=1S/C11H11FN2O3/c1-7-8(4-6-17-12)11(16)14-5-2-3-9(15)10(14)13-7/h2-3,5,15H,4,6H2,1H3. The molecule has 1 N–H and O–H groups in total. The van der Waals surface area contributed by atoms with Crippen LogP contribution in [0, 0.1) is 6.92 Å². The van der Waals surface area contributed by atoms with Crippen LogP contribution in [0.3, 0.4) is 0 Å². The van der Waals surface area contributed by atoms with Crippen LogP contribution < -0.4 is 5.56 Å². The lowest BCUT2D eigenvalue weighted by molar-refractivity contribution is -0.130. The molecule has 0 bridgehead atoms. The maximum absolute atomic E-state index is 12.0. The fourth-order valence-electron chi connectivity index (χ4n) is 1.72. The van der Waals surface area contributed by atoms with E-state index in [-0.39, 0.29) is 30.0 Å². The highest BCUT2D eigenvalue weighted by atomic mass is 19.3. The van der Waals surface area contributed by atoms with Crippen LogP contribution >= 0.6 is 0 Å². The average Bonchev–Trinajstić information content (AvgIpc) is 2.31. The van der Waals surface area contributed by atoms with E-state index in [0.29, 0.717) is 11.3 Å². The molecule has 17 heavy (non-hydrogen) atoms. The number of aryl methyl sites for hydroxylation is 1. The maximum atomic E-state index is 12.0. The minimum Gasteiger partial charge on any atom is -0.504 e. The van der Waals surface area contributed by atoms with E-state index in [4.69, 9.17) is 0 Å². The Morgan fingerprint density at radius 3 is 3.06 bits per heavy atom. The van der Waals surface area contributed by atoms with Crippen LogP contribution in [-0.2, 0) is 11.4 Å². The van der Waals surface area contributed by atoms with Gasteiger partial charge >= 0.3 is 0 Å². The van der Waals surface area contributed by atoms with Crippen LogP contribution in [0.15, 0.2) is 23.1 Å². The first kappa shape index (κ1) is 11.5. The van der Waals surface area contributed by atoms with Crippen LogP contribution in [0.2, 0.25) is 0 Å². The molecule has 2 aromatic rings. The molecule has 0 fully saturated rings. The van der Waals surface area contributed by atoms with E-state index in [1.54, 1.807) is 6.92 Å². The third-order valence-electron chi connectivity index (χ3n) is 2.56. The number of hydrogen-bond acceptors (Lipinski definition) is 4. The molecule has 0 amide bonds. The largest absolute Gasteiger partial charge is 0.504 e. The van der Waals surface area contributed by atoms with Crippen molar-refractivity contribution in [2.24, 2.45) is 0 Å². The zero-order chi connectivity index (χ0) is 12.4. The Morgan fingerprint density at radius 1 is 1.59 bits per heavy atom. The third kappa shape index (κ3) is 1.99. The highest BCUT2D eigenvalue weighted by Gasteiger charge is 2.11. The molecule has 2 heterocycles. The summed E-state index contributed by atoms with van der Waals surface area (Å²) in [5.74, 6) is -0.0685. The second kappa shape index (κ2) is 4.50. The molecular weight excluding hydrogens is 227 g/mol. The zero-order valence-corrected chi connectivity index (χ0v) is 9.18. The second-order valence-electron chi connectivity index (χ2n) is 3.63. The normalized spacial score (nSPS) is 10.9. The predicted molar refractivity (Wildman–Crippen MR) is 58.6 cm³/mol. The molecule has 0 aliphatic carbocycles. The predicted octanol–water partition coefficient (Wildman–Crippen LogP) is 1.15. The van der Waals surface area contributed by atoms with Gasteiger partial charge in [0.25, 0.3) is 5.56 Å². The van der Waals surface area contributed by atoms with Crippen molar-refractivity contribution >= 4 is 5.65 Å². The number of pyridine rings is 1. The van der Waals surface area contributed by atoms with Gasteiger partial charge in [-0.1, -0.05) is 0 Å². The number of nitrogens with zero attached hydrogens (tertiary/aromatic N) is 2. The molecule has 0 aromatic carbocycles. The number of fused-ring (bicyclic) bond motifs is 1. The molecule has 90 valence electrons. The molecule has 0 atom stereocenters. The average molecular weight is 238 g/mol. The fourth-order valence-corrected chi connectivity index (χ4v) is 1.72. The monoisotopic (exact) mass is 238 g/mol. The highest BCUT2D eigenvalue weighted by molar-refractivity contribution is 5.53. The maximum Gasteiger partial charge on any atom is 0.261 e. The van der Waals surface area contributed by atoms with Crippen molar-refractivity contribution in [3.63, 3.8) is 0 Å². The molecule has 0 spiro atoms. The highest BCUT2D eigenvalue weighted by Crippen LogP contribution is 2.15. The van der Waals surface area contributed by atoms with Crippen molar-refractivity contribution in [3.05, 3.63) is 39.9 Å². The minimum atomic E-state index is -0.319. The molecule has 0 saturated carbocycles. The van der Waals surface area contributed by atoms with E-state index < -0.39 is 0 Å². The van der Waals surface area contributed by atoms with Gasteiger partial charge in [0.2, 0.25) is 0 Å². The summed E-state index contributed by atoms with van der Waals surface area (Å²) in [5.41, 5.74) is 0.722. The Hall–Kier alpha value is -1.95. The molecule has 5 nitrogen and oxygen atoms in total. The molecular formula is C11H11FN2O3. The Kier molecular flexibility index (Phi) is 3.06. The Morgan fingerprint density at radius 2 is 2.35 bits per heavy atom. The summed E-state index contributed by atoms with van der Waals surface area (Å²) in [7, 11) is 0. The van der Waals surface area contributed by atoms with E-state index in [1.807, 2.05) is 0 Å². The fraction of sp³-hybridized carbons (Fsp3) is 0.273. The van der Waals surface area contributed by atoms with Crippen molar-refractivity contribution in [1.82, 2.24) is 9.38 Å². The zero-order valence-electron chi connectivity index (χ0n) is 9.18. The van der Waals surface area contributed by atoms with E-state index >= 15 is 0 Å². The van der Waals surface area contributed by atoms with E-state index in [9.17, 15) is 14.4 Å². The van der Waals surface area contributed by atoms with Gasteiger partial charge in [-0.3, -0.25) is 9.20 Å². The third-order valence-corrected chi connectivity index (χ3v) is 2.56. The lowest BCUT2D eigenvalue weighted by Crippen LogP contribution is -2.22. The van der Waals surface area contributed by atoms with Crippen molar-refractivity contribution in [1.29, 1.82) is 0 Å². The Balaban J connectivity index is 2.68. The first-order valence-corrected chi connectivity index (χ1v) is 5.08. The van der Waals surface area contributed by atoms with Crippen LogP contribution in [0.4, 0.5) is 4.53 Å². The van der Waals surface area contributed by atoms with Crippen molar-refractivity contribution in [2.45, 2.75) is 13.3 Å². The van der Waals surface area contributed by atoms with Crippen molar-refractivity contribution in [3.8, 4) is 5.75 Å². The van der Waals surface area contributed by atoms with Gasteiger partial charge in [0, 0.05) is 23.9 Å². The topological polar surface area (TPSA) is 63.8 Å². The molecule has 0 aliphatic heterocycles. The van der Waals surface area contributed by atoms with Gasteiger partial charge in [-0.25, -0.2) is 4.98 Å². The van der Waals surface area contributed by atoms with Gasteiger partial charge in [-0.2, -0.15) is 4.94 Å². The van der Waals surface area contributed by atoms with E-state index in [2.05, 4.69) is 9.93 Å². The molecule has 6 heteroatoms. The van der Waals surface area contributed by atoms with Gasteiger partial charge in [0.15, 0.2) is 11.4 Å². The summed E-state index contributed by atoms with van der Waals surface area (Å²) in [6.07, 6.45) is 1.65. The van der Waals surface area contributed by atoms with E-state index in [1.165, 1.54) is 22.7 Å². The van der Waals surface area contributed by atoms with E-state index in [0.717, 1.165) is 0 Å². The van der Waals surface area contributed by atoms with Gasteiger partial charge in [-0.05, 0) is 23.6 Å². The summed E-state index contributed by atoms with van der Waals surface area (Å²) in [6, 6.07) is 2.99. The first-order valence-electron chi connectivity index (χ1n) is 5.08. The van der Waals surface area contributed by atoms with Crippen LogP contribution in [-0.4, -0.2) is 21.1 Å². The number of halogens is 1. The Labute approximate surface area is 96.0 Å². The van der Waals surface area contributed by atoms with Crippen molar-refractivity contribution < 1.29 is 14.6 Å². The SMILES string of the molecule is Cc1nc2c(O)cccn2c(=O)c1CCOF. The molecule has 2 aromatic heterocycles. The van der Waals surface area contributed by atoms with Crippen molar-refractivity contribution in [2.75, 3.05) is 6.61 Å². The quantitative estimate of drug-likeness (QED) is 0.871. The lowest BCUT2D eigenvalue weighted by Gasteiger charge is -2.07. The van der Waals surface area contributed by atoms with Crippen LogP contribution in [0.5, 0.6) is 5.75 Å². The van der Waals surface area contributed by atoms with Crippen LogP contribution in [0.25, 0.3) is 5.65 Å². The van der Waals surface area contributed by atoms with Gasteiger partial charge in [-0.15, -0.1) is 0 Å². The lowest BCUT2D eigenvalue weighted by atomic mass is 10.2. The van der Waals surface area contributed by atoms with Crippen LogP contribution in [0.1, 0.15) is 11.3 Å². The molecule has 2 rings (SSSR count). The summed E-state index contributed by atoms with van der Waals surface area (Å²) in [6.45, 7) is 1.45. The number of aromatic nitrogens is 2. The smallest absolute Gasteiger partial charge is 0.261 e. The molecule has 0 unspecified atom stereocenters. The number of aromatic hydroxyl groups is 1. The summed E-state index contributed by atoms with van der Waals surface area (Å²) < 4.78 is 12.9. The summed E-state index contributed by atoms with van der Waals surface area (Å²) in [4.78, 5) is 19.6. The second-order valence-corrected chi connectivity index (χ2v) is 3.63. The van der Waals surface area contributed by atoms with Gasteiger partial charge in [0.1, 0.15) is 0 Å².